The molecule has 0 saturated carbocycles. The van der Waals surface area contributed by atoms with Crippen molar-refractivity contribution >= 4 is 87.2 Å². The van der Waals surface area contributed by atoms with Gasteiger partial charge in [0.2, 0.25) is 0 Å². The van der Waals surface area contributed by atoms with E-state index in [4.69, 9.17) is 0 Å². The second-order valence-electron chi connectivity index (χ2n) is 38.5. The van der Waals surface area contributed by atoms with E-state index in [0.717, 1.165) is 11.4 Å². The van der Waals surface area contributed by atoms with E-state index < -0.39 is 0 Å². The Hall–Kier alpha value is -19.5. The van der Waals surface area contributed by atoms with E-state index in [2.05, 4.69) is 601 Å². The van der Waals surface area contributed by atoms with E-state index >= 15 is 0 Å². The van der Waals surface area contributed by atoms with Gasteiger partial charge >= 0.3 is 0 Å². The molecule has 4 aromatic heterocycles. The minimum Gasteiger partial charge on any atom is -0.309 e. The molecule has 24 aromatic carbocycles. The minimum atomic E-state index is 1.14. The first-order valence-electron chi connectivity index (χ1n) is 51.0. The third-order valence-corrected chi connectivity index (χ3v) is 29.9. The van der Waals surface area contributed by atoms with Gasteiger partial charge in [-0.25, -0.2) is 0 Å². The largest absolute Gasteiger partial charge is 0.309 e. The predicted octanol–water partition coefficient (Wildman–Crippen LogP) is 39.1. The van der Waals surface area contributed by atoms with Crippen LogP contribution in [0, 0.1) is 0 Å². The SMILES string of the molecule is c1ccc(-c2ccc(-c3cccc(-c4cccc(-c5ccc(-c6cccc(-n7c8ccccc8c8cc(-c9ccc%10c(c9)c9ccccc9n%10-c9ccccc9-c9ccccc9)ccc87)c6)cc5)c4)c3)cc2)cc1.c1ccc(-c2ccccc2-c2cccc(-c3cccc(-c4ccc(-c5ccc(-n6c7ccccc7c7cc(-c8ccc9c(c8)c8ccccc8n9-c8ccccc8-c8ccccc8)ccc76)cc5)cc4)c3)c2)cc1. The average Bonchev–Trinajstić information content (AvgIpc) is 1.58. The second-order valence-corrected chi connectivity index (χ2v) is 38.5. The molecule has 0 radical (unpaired) electrons. The first kappa shape index (κ1) is 87.5. The summed E-state index contributed by atoms with van der Waals surface area (Å²) >= 11 is 0. The van der Waals surface area contributed by atoms with Gasteiger partial charge in [-0.15, -0.1) is 0 Å². The Kier molecular flexibility index (Phi) is 22.3. The Bertz CT molecular complexity index is 9910. The number of fused-ring (bicyclic) bond motifs is 12. The summed E-state index contributed by atoms with van der Waals surface area (Å²) in [6.07, 6.45) is 0. The lowest BCUT2D eigenvalue weighted by molar-refractivity contribution is 1.18. The van der Waals surface area contributed by atoms with Gasteiger partial charge in [-0.05, 0) is 278 Å². The van der Waals surface area contributed by atoms with Gasteiger partial charge in [0.15, 0.2) is 0 Å². The highest BCUT2D eigenvalue weighted by molar-refractivity contribution is 6.16. The summed E-state index contributed by atoms with van der Waals surface area (Å²) in [5.74, 6) is 0. The third kappa shape index (κ3) is 16.1. The van der Waals surface area contributed by atoms with Gasteiger partial charge in [0.05, 0.1) is 55.5 Å². The fourth-order valence-corrected chi connectivity index (χ4v) is 22.7. The molecule has 0 bridgehead atoms. The third-order valence-electron chi connectivity index (χ3n) is 29.9. The maximum Gasteiger partial charge on any atom is 0.0541 e. The molecule has 0 aliphatic heterocycles. The molecule has 28 rings (SSSR count). The molecular formula is C144H96N4. The van der Waals surface area contributed by atoms with E-state index in [-0.39, 0.29) is 0 Å². The summed E-state index contributed by atoms with van der Waals surface area (Å²) in [7, 11) is 0. The number of rotatable bonds is 18. The summed E-state index contributed by atoms with van der Waals surface area (Å²) in [6.45, 7) is 0. The molecule has 148 heavy (non-hydrogen) atoms. The Balaban J connectivity index is 0.000000146. The van der Waals surface area contributed by atoms with Crippen molar-refractivity contribution in [2.75, 3.05) is 0 Å². The van der Waals surface area contributed by atoms with Gasteiger partial charge in [-0.2, -0.15) is 0 Å². The lowest BCUT2D eigenvalue weighted by Crippen LogP contribution is -1.97. The van der Waals surface area contributed by atoms with Crippen molar-refractivity contribution in [1.82, 2.24) is 18.3 Å². The van der Waals surface area contributed by atoms with Crippen LogP contribution in [0.4, 0.5) is 0 Å². The number of benzene rings is 24. The Morgan fingerprint density at radius 2 is 0.284 bits per heavy atom. The summed E-state index contributed by atoms with van der Waals surface area (Å²) in [5, 5.41) is 9.92. The van der Waals surface area contributed by atoms with Gasteiger partial charge < -0.3 is 18.3 Å². The van der Waals surface area contributed by atoms with Crippen LogP contribution in [-0.2, 0) is 0 Å². The van der Waals surface area contributed by atoms with Crippen LogP contribution in [0.3, 0.4) is 0 Å². The quantitative estimate of drug-likeness (QED) is 0.0816. The molecule has 4 nitrogen and oxygen atoms in total. The lowest BCUT2D eigenvalue weighted by Gasteiger charge is -2.14. The van der Waals surface area contributed by atoms with E-state index in [9.17, 15) is 0 Å². The van der Waals surface area contributed by atoms with E-state index in [1.54, 1.807) is 0 Å². The molecule has 0 spiro atoms. The minimum absolute atomic E-state index is 1.14. The van der Waals surface area contributed by atoms with Crippen LogP contribution in [0.2, 0.25) is 0 Å². The average molecular weight is 1880 g/mol. The summed E-state index contributed by atoms with van der Waals surface area (Å²) in [5.41, 5.74) is 47.9. The molecule has 0 amide bonds. The van der Waals surface area contributed by atoms with Gasteiger partial charge in [0, 0.05) is 65.6 Å². The number of aromatic nitrogens is 4. The van der Waals surface area contributed by atoms with Crippen molar-refractivity contribution in [2.45, 2.75) is 0 Å². The highest BCUT2D eigenvalue weighted by atomic mass is 15.0. The van der Waals surface area contributed by atoms with E-state index in [1.807, 2.05) is 0 Å². The molecule has 692 valence electrons. The monoisotopic (exact) mass is 1880 g/mol. The zero-order valence-corrected chi connectivity index (χ0v) is 81.2. The highest BCUT2D eigenvalue weighted by Gasteiger charge is 2.24. The van der Waals surface area contributed by atoms with E-state index in [0.29, 0.717) is 0 Å². The molecule has 28 aromatic rings. The van der Waals surface area contributed by atoms with Crippen LogP contribution in [0.15, 0.2) is 582 Å². The predicted molar refractivity (Wildman–Crippen MR) is 626 cm³/mol. The van der Waals surface area contributed by atoms with Crippen LogP contribution >= 0.6 is 0 Å². The Labute approximate surface area is 860 Å². The first-order valence-corrected chi connectivity index (χ1v) is 51.0. The molecule has 0 saturated heterocycles. The van der Waals surface area contributed by atoms with Crippen molar-refractivity contribution in [1.29, 1.82) is 0 Å². The zero-order chi connectivity index (χ0) is 97.9. The number of hydrogen-bond acceptors (Lipinski definition) is 0. The van der Waals surface area contributed by atoms with Crippen LogP contribution in [-0.4, -0.2) is 18.3 Å². The van der Waals surface area contributed by atoms with Crippen molar-refractivity contribution in [3.63, 3.8) is 0 Å². The first-order chi connectivity index (χ1) is 73.4. The molecule has 0 aliphatic carbocycles. The zero-order valence-electron chi connectivity index (χ0n) is 81.2. The smallest absolute Gasteiger partial charge is 0.0541 e. The number of hydrogen-bond donors (Lipinski definition) is 0. The van der Waals surface area contributed by atoms with Crippen LogP contribution in [0.5, 0.6) is 0 Å². The van der Waals surface area contributed by atoms with Gasteiger partial charge in [-0.3, -0.25) is 0 Å². The molecule has 0 aliphatic rings. The van der Waals surface area contributed by atoms with Gasteiger partial charge in [0.25, 0.3) is 0 Å². The van der Waals surface area contributed by atoms with Gasteiger partial charge in [-0.1, -0.05) is 449 Å². The van der Waals surface area contributed by atoms with Crippen molar-refractivity contribution in [3.05, 3.63) is 582 Å². The number of para-hydroxylation sites is 6. The maximum atomic E-state index is 2.43. The Morgan fingerprint density at radius 3 is 0.635 bits per heavy atom. The topological polar surface area (TPSA) is 19.7 Å². The van der Waals surface area contributed by atoms with E-state index in [1.165, 1.54) is 254 Å². The molecule has 4 heteroatoms. The summed E-state index contributed by atoms with van der Waals surface area (Å²) < 4.78 is 9.70. The Morgan fingerprint density at radius 1 is 0.0878 bits per heavy atom. The fraction of sp³-hybridized carbons (Fsp3) is 0. The fourth-order valence-electron chi connectivity index (χ4n) is 22.7. The molecule has 4 heterocycles. The van der Waals surface area contributed by atoms with Gasteiger partial charge in [0.1, 0.15) is 0 Å². The standard InChI is InChI=1S/2C72H48N2/c1-3-16-49(17-4-1)50-32-34-51(35-33-50)55-20-13-22-57(44-55)58-23-14-21-56(45-58)52-36-38-53(39-37-52)59-24-15-25-62(46-59)73-69-30-11-8-27-64(69)66-47-60(40-42-71(66)73)61-41-43-72-67(48-61)65-28-9-12-31-70(65)74(72)68-29-10-7-26-63(68)54-18-5-2-6-19-54;1-3-17-52(18-4-1)61-25-7-8-26-62(61)59-24-16-23-56(46-59)55-22-15-21-54(45-55)51-35-33-49(34-36-51)50-37-41-60(42-38-50)73-69-31-13-10-28-64(69)66-47-57(39-43-71(66)73)58-40-44-72-67(48-58)65-29-11-14-32-70(65)74(72)68-30-12-9-27-63(68)53-19-5-2-6-20-53/h2*1-48H. The summed E-state index contributed by atoms with van der Waals surface area (Å²) in [6, 6.07) is 212. The molecule has 0 unspecified atom stereocenters. The van der Waals surface area contributed by atoms with Crippen LogP contribution < -0.4 is 0 Å². The molecular weight excluding hydrogens is 1790 g/mol. The highest BCUT2D eigenvalue weighted by Crippen LogP contribution is 2.47. The lowest BCUT2D eigenvalue weighted by atomic mass is 9.92. The summed E-state index contributed by atoms with van der Waals surface area (Å²) in [4.78, 5) is 0. The normalized spacial score (nSPS) is 11.5. The maximum absolute atomic E-state index is 2.43. The second kappa shape index (κ2) is 37.7. The van der Waals surface area contributed by atoms with Crippen molar-refractivity contribution in [2.24, 2.45) is 0 Å². The van der Waals surface area contributed by atoms with Crippen LogP contribution in [0.1, 0.15) is 0 Å². The van der Waals surface area contributed by atoms with Crippen LogP contribution in [0.25, 0.3) is 266 Å². The molecule has 0 N–H and O–H groups in total. The van der Waals surface area contributed by atoms with Crippen molar-refractivity contribution < 1.29 is 0 Å². The molecule has 0 fully saturated rings. The molecule has 0 atom stereocenters. The number of nitrogens with zero attached hydrogens (tertiary/aromatic N) is 4. The van der Waals surface area contributed by atoms with Crippen molar-refractivity contribution in [3.8, 4) is 179 Å².